The molecule has 1 fully saturated rings. The third-order valence-electron chi connectivity index (χ3n) is 6.45. The smallest absolute Gasteiger partial charge is 0.218 e. The summed E-state index contributed by atoms with van der Waals surface area (Å²) in [5, 5.41) is 24.6. The molecular formula is C20H23N5O2. The summed E-state index contributed by atoms with van der Waals surface area (Å²) >= 11 is 0. The summed E-state index contributed by atoms with van der Waals surface area (Å²) in [4.78, 5) is 4.81. The van der Waals surface area contributed by atoms with E-state index in [1.54, 1.807) is 0 Å². The van der Waals surface area contributed by atoms with Crippen LogP contribution in [0.3, 0.4) is 0 Å². The third kappa shape index (κ3) is 1.87. The molecule has 1 aliphatic rings. The molecule has 0 bridgehead atoms. The van der Waals surface area contributed by atoms with Crippen LogP contribution in [0.1, 0.15) is 34.0 Å². The van der Waals surface area contributed by atoms with E-state index in [0.29, 0.717) is 5.78 Å². The molecule has 7 nitrogen and oxygen atoms in total. The fourth-order valence-electron chi connectivity index (χ4n) is 4.07. The van der Waals surface area contributed by atoms with Crippen molar-refractivity contribution >= 4 is 27.8 Å². The van der Waals surface area contributed by atoms with Gasteiger partial charge in [-0.3, -0.25) is 8.97 Å². The number of aromatic nitrogens is 3. The highest BCUT2D eigenvalue weighted by Crippen LogP contribution is 2.47. The number of para-hydroxylation sites is 4. The predicted octanol–water partition coefficient (Wildman–Crippen LogP) is 3.85. The zero-order chi connectivity index (χ0) is 19.1. The van der Waals surface area contributed by atoms with Gasteiger partial charge in [0, 0.05) is 0 Å². The van der Waals surface area contributed by atoms with Crippen LogP contribution in [0.25, 0.3) is 27.8 Å². The van der Waals surface area contributed by atoms with Crippen molar-refractivity contribution < 1.29 is 10.4 Å². The number of imidazole rings is 2. The molecule has 140 valence electrons. The van der Waals surface area contributed by atoms with E-state index >= 15 is 0 Å². The summed E-state index contributed by atoms with van der Waals surface area (Å²) < 4.78 is 3.97. The second kappa shape index (κ2) is 5.08. The van der Waals surface area contributed by atoms with Gasteiger partial charge < -0.3 is 10.4 Å². The van der Waals surface area contributed by atoms with Crippen molar-refractivity contribution in [3.05, 3.63) is 48.5 Å². The van der Waals surface area contributed by atoms with Crippen LogP contribution < -0.4 is 0 Å². The van der Waals surface area contributed by atoms with Crippen molar-refractivity contribution in [3.8, 4) is 0 Å². The number of hydrogen-bond acceptors (Lipinski definition) is 5. The topological polar surface area (TPSA) is 69.2 Å². The first-order valence-corrected chi connectivity index (χ1v) is 9.09. The van der Waals surface area contributed by atoms with E-state index in [9.17, 15) is 10.4 Å². The number of fused-ring (bicyclic) bond motifs is 5. The Morgan fingerprint density at radius 2 is 1.30 bits per heavy atom. The lowest BCUT2D eigenvalue weighted by Crippen LogP contribution is -2.52. The number of hydrogen-bond donors (Lipinski definition) is 2. The van der Waals surface area contributed by atoms with Crippen LogP contribution in [-0.4, -0.2) is 45.6 Å². The van der Waals surface area contributed by atoms with Gasteiger partial charge >= 0.3 is 0 Å². The zero-order valence-electron chi connectivity index (χ0n) is 15.8. The van der Waals surface area contributed by atoms with Crippen LogP contribution in [0.15, 0.2) is 48.5 Å². The van der Waals surface area contributed by atoms with Gasteiger partial charge in [-0.2, -0.15) is 0 Å². The Balaban J connectivity index is 1.90. The van der Waals surface area contributed by atoms with Crippen molar-refractivity contribution in [1.82, 2.24) is 24.1 Å². The van der Waals surface area contributed by atoms with Gasteiger partial charge in [0.25, 0.3) is 0 Å². The van der Waals surface area contributed by atoms with Crippen LogP contribution in [0, 0.1) is 0 Å². The lowest BCUT2D eigenvalue weighted by molar-refractivity contribution is -0.247. The average Bonchev–Trinajstić information content (AvgIpc) is 3.20. The highest BCUT2D eigenvalue weighted by molar-refractivity contribution is 5.90. The van der Waals surface area contributed by atoms with Crippen LogP contribution in [-0.2, 0) is 0 Å². The van der Waals surface area contributed by atoms with Crippen molar-refractivity contribution in [3.63, 3.8) is 0 Å². The average molecular weight is 365 g/mol. The minimum absolute atomic E-state index is 0.675. The van der Waals surface area contributed by atoms with E-state index in [0.717, 1.165) is 22.1 Å². The van der Waals surface area contributed by atoms with E-state index in [1.165, 1.54) is 10.1 Å². The quantitative estimate of drug-likeness (QED) is 0.536. The molecule has 4 aromatic rings. The Hall–Kier alpha value is -2.45. The molecule has 0 radical (unpaired) electrons. The zero-order valence-corrected chi connectivity index (χ0v) is 15.8. The molecule has 0 aliphatic carbocycles. The van der Waals surface area contributed by atoms with Gasteiger partial charge in [0.05, 0.1) is 33.1 Å². The van der Waals surface area contributed by atoms with Gasteiger partial charge in [-0.05, 0) is 52.0 Å². The van der Waals surface area contributed by atoms with Crippen molar-refractivity contribution in [2.45, 2.75) is 45.1 Å². The second-order valence-electron chi connectivity index (χ2n) is 8.25. The molecule has 2 aromatic heterocycles. The Kier molecular flexibility index (Phi) is 3.14. The van der Waals surface area contributed by atoms with Gasteiger partial charge in [0.2, 0.25) is 5.78 Å². The largest absolute Gasteiger partial charge is 0.310 e. The Labute approximate surface area is 156 Å². The highest BCUT2D eigenvalue weighted by atomic mass is 16.6. The number of nitrogens with zero attached hydrogens (tertiary/aromatic N) is 5. The van der Waals surface area contributed by atoms with Gasteiger partial charge in [-0.1, -0.05) is 24.3 Å². The van der Waals surface area contributed by atoms with E-state index in [4.69, 9.17) is 4.98 Å². The lowest BCUT2D eigenvalue weighted by Gasteiger charge is -2.37. The maximum atomic E-state index is 11.1. The minimum Gasteiger partial charge on any atom is -0.310 e. The molecule has 0 spiro atoms. The van der Waals surface area contributed by atoms with Crippen LogP contribution >= 0.6 is 0 Å². The maximum Gasteiger partial charge on any atom is 0.218 e. The van der Waals surface area contributed by atoms with Crippen LogP contribution in [0.5, 0.6) is 0 Å². The molecular weight excluding hydrogens is 342 g/mol. The molecule has 2 aromatic carbocycles. The van der Waals surface area contributed by atoms with Gasteiger partial charge in [-0.25, -0.2) is 4.98 Å². The summed E-state index contributed by atoms with van der Waals surface area (Å²) in [5.74, 6) is 0.675. The molecule has 0 unspecified atom stereocenters. The molecule has 2 N–H and O–H groups in total. The molecule has 5 rings (SSSR count). The van der Waals surface area contributed by atoms with Crippen LogP contribution in [0.4, 0.5) is 0 Å². The first-order valence-electron chi connectivity index (χ1n) is 9.09. The summed E-state index contributed by atoms with van der Waals surface area (Å²) in [6.07, 6.45) is -0.797. The summed E-state index contributed by atoms with van der Waals surface area (Å²) in [7, 11) is 0. The fraction of sp³-hybridized carbons (Fsp3) is 0.350. The van der Waals surface area contributed by atoms with E-state index in [1.807, 2.05) is 80.8 Å². The molecule has 3 heterocycles. The number of hydroxylamine groups is 4. The standard InChI is InChI=1S/C20H23N5O2/c1-19(2)20(3,4)25(27)18(24(19)26)23-16-12-8-7-11-15(16)22-14-10-6-5-9-13(14)21-17(22)23/h5-12,18,26-27H,1-4H3. The first-order chi connectivity index (χ1) is 12.8. The molecule has 0 amide bonds. The van der Waals surface area contributed by atoms with Crippen LogP contribution in [0.2, 0.25) is 0 Å². The van der Waals surface area contributed by atoms with Gasteiger partial charge in [0.1, 0.15) is 0 Å². The Bertz CT molecular complexity index is 1170. The van der Waals surface area contributed by atoms with Crippen molar-refractivity contribution in [1.29, 1.82) is 0 Å². The first kappa shape index (κ1) is 16.7. The van der Waals surface area contributed by atoms with E-state index in [-0.39, 0.29) is 0 Å². The summed E-state index contributed by atoms with van der Waals surface area (Å²) in [6.45, 7) is 7.67. The predicted molar refractivity (Wildman–Crippen MR) is 103 cm³/mol. The summed E-state index contributed by atoms with van der Waals surface area (Å²) in [5.41, 5.74) is 2.38. The third-order valence-corrected chi connectivity index (χ3v) is 6.45. The molecule has 27 heavy (non-hydrogen) atoms. The molecule has 7 heteroatoms. The summed E-state index contributed by atoms with van der Waals surface area (Å²) in [6, 6.07) is 15.9. The second-order valence-corrected chi connectivity index (χ2v) is 8.25. The normalized spacial score (nSPS) is 21.1. The maximum absolute atomic E-state index is 11.1. The Morgan fingerprint density at radius 1 is 0.778 bits per heavy atom. The fourth-order valence-corrected chi connectivity index (χ4v) is 4.07. The minimum atomic E-state index is -0.797. The lowest BCUT2D eigenvalue weighted by atomic mass is 9.84. The molecule has 1 aliphatic heterocycles. The molecule has 0 saturated carbocycles. The van der Waals surface area contributed by atoms with Gasteiger partial charge in [0.15, 0.2) is 6.29 Å². The number of rotatable bonds is 1. The van der Waals surface area contributed by atoms with Gasteiger partial charge in [-0.15, -0.1) is 10.1 Å². The van der Waals surface area contributed by atoms with E-state index in [2.05, 4.69) is 4.40 Å². The van der Waals surface area contributed by atoms with Crippen molar-refractivity contribution in [2.24, 2.45) is 0 Å². The Morgan fingerprint density at radius 3 is 1.93 bits per heavy atom. The molecule has 1 saturated heterocycles. The monoisotopic (exact) mass is 365 g/mol. The number of benzene rings is 2. The van der Waals surface area contributed by atoms with Crippen molar-refractivity contribution in [2.75, 3.05) is 0 Å². The highest BCUT2D eigenvalue weighted by Gasteiger charge is 2.59. The molecule has 0 atom stereocenters. The SMILES string of the molecule is CC1(C)N(O)C(n2c3ccccc3n3c4ccccc4nc23)N(O)C1(C)C. The van der Waals surface area contributed by atoms with E-state index < -0.39 is 17.4 Å².